The first kappa shape index (κ1) is 33.1. The van der Waals surface area contributed by atoms with Crippen LogP contribution >= 0.6 is 0 Å². The first-order valence-corrected chi connectivity index (χ1v) is 16.5. The number of amides is 1. The van der Waals surface area contributed by atoms with Gasteiger partial charge in [-0.1, -0.05) is 71.9 Å². The first-order chi connectivity index (χ1) is 19.5. The number of ether oxygens (including phenoxy) is 1. The van der Waals surface area contributed by atoms with E-state index in [1.165, 1.54) is 44.1 Å². The molecule has 4 saturated carbocycles. The number of carbonyl (C=O) groups is 2. The van der Waals surface area contributed by atoms with Gasteiger partial charge in [-0.05, 0) is 123 Å². The van der Waals surface area contributed by atoms with Gasteiger partial charge in [-0.15, -0.1) is 0 Å². The minimum Gasteiger partial charge on any atom is -0.489 e. The monoisotopic (exact) mass is 563 g/mol. The van der Waals surface area contributed by atoms with Crippen LogP contribution in [0.1, 0.15) is 119 Å². The minimum atomic E-state index is -0.470. The zero-order valence-corrected chi connectivity index (χ0v) is 27.3. The topological polar surface area (TPSA) is 55.4 Å². The quantitative estimate of drug-likeness (QED) is 0.289. The molecule has 0 atom stereocenters. The van der Waals surface area contributed by atoms with Crippen molar-refractivity contribution in [3.05, 3.63) is 53.6 Å². The number of benzene rings is 1. The Kier molecular flexibility index (Phi) is 11.5. The lowest BCUT2D eigenvalue weighted by atomic mass is 9.42. The van der Waals surface area contributed by atoms with Crippen LogP contribution in [-0.4, -0.2) is 23.8 Å². The number of nitrogens with one attached hydrogen (secondary N) is 1. The smallest absolute Gasteiger partial charge is 0.288 e. The molecule has 0 unspecified atom stereocenters. The fraction of sp³-hybridized carbons (Fsp3) is 0.676. The molecule has 5 aliphatic carbocycles. The Balaban J connectivity index is 0.00000111. The molecular weight excluding hydrogens is 506 g/mol. The highest BCUT2D eigenvalue weighted by Gasteiger charge is 2.57. The first-order valence-electron chi connectivity index (χ1n) is 16.5. The largest absolute Gasteiger partial charge is 0.489 e. The predicted molar refractivity (Wildman–Crippen MR) is 171 cm³/mol. The summed E-state index contributed by atoms with van der Waals surface area (Å²) in [4.78, 5) is 25.8. The summed E-state index contributed by atoms with van der Waals surface area (Å²) in [5.74, 6) is 2.64. The number of Topliss-reactive ketones (excluding diaryl/α,β-unsaturated/α-hetero) is 1. The molecule has 1 aromatic rings. The van der Waals surface area contributed by atoms with E-state index in [2.05, 4.69) is 51.2 Å². The molecule has 1 aromatic carbocycles. The second-order valence-corrected chi connectivity index (χ2v) is 13.9. The third-order valence-corrected chi connectivity index (χ3v) is 9.83. The van der Waals surface area contributed by atoms with Gasteiger partial charge in [0.25, 0.3) is 5.91 Å². The zero-order valence-electron chi connectivity index (χ0n) is 27.3. The van der Waals surface area contributed by atoms with Crippen molar-refractivity contribution in [3.63, 3.8) is 0 Å². The molecule has 4 nitrogen and oxygen atoms in total. The lowest BCUT2D eigenvalue weighted by Gasteiger charge is -2.63. The van der Waals surface area contributed by atoms with E-state index in [4.69, 9.17) is 4.74 Å². The molecule has 0 saturated heterocycles. The van der Waals surface area contributed by atoms with Crippen molar-refractivity contribution in [2.45, 2.75) is 125 Å². The number of allylic oxidation sites excluding steroid dienone is 2. The Morgan fingerprint density at radius 3 is 1.95 bits per heavy atom. The van der Waals surface area contributed by atoms with Crippen LogP contribution in [0.2, 0.25) is 0 Å². The van der Waals surface area contributed by atoms with Gasteiger partial charge in [-0.3, -0.25) is 9.59 Å². The predicted octanol–water partition coefficient (Wildman–Crippen LogP) is 9.03. The van der Waals surface area contributed by atoms with Crippen LogP contribution in [0.25, 0.3) is 0 Å². The number of hydrogen-bond donors (Lipinski definition) is 1. The number of rotatable bonds is 10. The van der Waals surface area contributed by atoms with Crippen LogP contribution in [0.3, 0.4) is 0 Å². The number of ketones is 1. The summed E-state index contributed by atoms with van der Waals surface area (Å²) < 4.78 is 5.87. The van der Waals surface area contributed by atoms with Crippen molar-refractivity contribution in [3.8, 4) is 5.75 Å². The second kappa shape index (κ2) is 14.2. The molecule has 228 valence electrons. The summed E-state index contributed by atoms with van der Waals surface area (Å²) in [6.07, 6.45) is 18.0. The van der Waals surface area contributed by atoms with Gasteiger partial charge in [-0.25, -0.2) is 0 Å². The Labute approximate surface area is 250 Å². The maximum Gasteiger partial charge on any atom is 0.288 e. The highest BCUT2D eigenvalue weighted by molar-refractivity contribution is 6.36. The van der Waals surface area contributed by atoms with Gasteiger partial charge in [0.15, 0.2) is 0 Å². The molecule has 0 heterocycles. The minimum absolute atomic E-state index is 0.106. The van der Waals surface area contributed by atoms with Crippen LogP contribution in [-0.2, 0) is 16.0 Å². The van der Waals surface area contributed by atoms with E-state index in [1.54, 1.807) is 0 Å². The van der Waals surface area contributed by atoms with E-state index in [9.17, 15) is 9.59 Å². The molecule has 4 bridgehead atoms. The van der Waals surface area contributed by atoms with Crippen molar-refractivity contribution < 1.29 is 14.3 Å². The van der Waals surface area contributed by atoms with Gasteiger partial charge in [0, 0.05) is 12.0 Å². The molecule has 1 N–H and O–H groups in total. The van der Waals surface area contributed by atoms with Gasteiger partial charge >= 0.3 is 0 Å². The molecule has 0 radical (unpaired) electrons. The molecule has 0 aliphatic heterocycles. The molecule has 1 amide bonds. The van der Waals surface area contributed by atoms with Gasteiger partial charge in [0.1, 0.15) is 12.4 Å². The highest BCUT2D eigenvalue weighted by atomic mass is 16.5. The fourth-order valence-electron chi connectivity index (χ4n) is 8.56. The normalized spacial score (nSPS) is 26.1. The maximum atomic E-state index is 12.9. The van der Waals surface area contributed by atoms with E-state index in [-0.39, 0.29) is 17.6 Å². The van der Waals surface area contributed by atoms with Crippen molar-refractivity contribution in [2.75, 3.05) is 6.61 Å². The average Bonchev–Trinajstić information content (AvgIpc) is 2.94. The third kappa shape index (κ3) is 8.36. The van der Waals surface area contributed by atoms with Crippen molar-refractivity contribution >= 4 is 11.7 Å². The highest BCUT2D eigenvalue weighted by Crippen LogP contribution is 2.67. The Morgan fingerprint density at radius 2 is 1.44 bits per heavy atom. The van der Waals surface area contributed by atoms with Crippen LogP contribution in [0.15, 0.2) is 48.1 Å². The van der Waals surface area contributed by atoms with E-state index < -0.39 is 11.4 Å². The summed E-state index contributed by atoms with van der Waals surface area (Å²) in [6.45, 7) is 17.6. The van der Waals surface area contributed by atoms with Crippen LogP contribution < -0.4 is 10.1 Å². The number of hydrogen-bond acceptors (Lipinski definition) is 3. The lowest BCUT2D eigenvalue weighted by molar-refractivity contribution is -0.141. The molecule has 4 heteroatoms. The summed E-state index contributed by atoms with van der Waals surface area (Å²) >= 11 is 0. The summed E-state index contributed by atoms with van der Waals surface area (Å²) in [7, 11) is 0. The van der Waals surface area contributed by atoms with Gasteiger partial charge < -0.3 is 10.1 Å². The zero-order chi connectivity index (χ0) is 30.3. The van der Waals surface area contributed by atoms with Crippen LogP contribution in [0, 0.1) is 28.6 Å². The SMILES string of the molecule is CC.CC.CC(C)(CC(C)(C)C12CC3CC(CC(C3)C1)C2)NC(=O)C(=O)Cc1ccc(OCC2=CCCC=C2)cc1. The Bertz CT molecular complexity index is 1040. The Morgan fingerprint density at radius 1 is 0.878 bits per heavy atom. The van der Waals surface area contributed by atoms with Gasteiger partial charge in [0.05, 0.1) is 0 Å². The van der Waals surface area contributed by atoms with Crippen molar-refractivity contribution in [2.24, 2.45) is 28.6 Å². The average molecular weight is 564 g/mol. The molecular formula is C37H57NO3. The fourth-order valence-corrected chi connectivity index (χ4v) is 8.56. The van der Waals surface area contributed by atoms with Crippen LogP contribution in [0.5, 0.6) is 5.75 Å². The standard InChI is InChI=1S/C33H45NO3.2C2H6/c1-31(2,33-18-25-14-26(19-33)16-27(15-25)20-33)22-32(3,4)34-30(36)29(35)17-23-10-12-28(13-11-23)37-21-24-8-6-5-7-9-24;2*1-2/h6,8-13,25-27H,5,7,14-22H2,1-4H3,(H,34,36);2*1-2H3. The van der Waals surface area contributed by atoms with E-state index in [1.807, 2.05) is 52.0 Å². The number of carbonyl (C=O) groups excluding carboxylic acids is 2. The molecule has 4 fully saturated rings. The van der Waals surface area contributed by atoms with Crippen molar-refractivity contribution in [1.29, 1.82) is 0 Å². The summed E-state index contributed by atoms with van der Waals surface area (Å²) in [5, 5.41) is 3.11. The summed E-state index contributed by atoms with van der Waals surface area (Å²) in [6, 6.07) is 7.52. The van der Waals surface area contributed by atoms with Crippen molar-refractivity contribution in [1.82, 2.24) is 5.32 Å². The van der Waals surface area contributed by atoms with Gasteiger partial charge in [-0.2, -0.15) is 0 Å². The van der Waals surface area contributed by atoms with Crippen LogP contribution in [0.4, 0.5) is 0 Å². The molecule has 6 rings (SSSR count). The van der Waals surface area contributed by atoms with E-state index in [0.29, 0.717) is 12.0 Å². The molecule has 5 aliphatic rings. The van der Waals surface area contributed by atoms with Gasteiger partial charge in [0.2, 0.25) is 5.78 Å². The lowest BCUT2D eigenvalue weighted by Crippen LogP contribution is -2.56. The maximum absolute atomic E-state index is 12.9. The molecule has 41 heavy (non-hydrogen) atoms. The molecule has 0 spiro atoms. The Hall–Kier alpha value is -2.36. The molecule has 0 aromatic heterocycles. The second-order valence-electron chi connectivity index (χ2n) is 13.9. The third-order valence-electron chi connectivity index (χ3n) is 9.83. The van der Waals surface area contributed by atoms with E-state index >= 15 is 0 Å². The summed E-state index contributed by atoms with van der Waals surface area (Å²) in [5.41, 5.74) is 2.11. The van der Waals surface area contributed by atoms with E-state index in [0.717, 1.165) is 48.3 Å².